The lowest BCUT2D eigenvalue weighted by atomic mass is 9.94. The maximum atomic E-state index is 12.8. The SMILES string of the molecule is CC1(C)CC(NCCc2ccc(F)cc2)C(C)(C)O1. The van der Waals surface area contributed by atoms with Gasteiger partial charge in [0.1, 0.15) is 5.82 Å². The first-order chi connectivity index (χ1) is 8.78. The van der Waals surface area contributed by atoms with Crippen molar-refractivity contribution >= 4 is 0 Å². The van der Waals surface area contributed by atoms with E-state index in [1.54, 1.807) is 0 Å². The Morgan fingerprint density at radius 1 is 1.21 bits per heavy atom. The number of hydrogen-bond acceptors (Lipinski definition) is 2. The van der Waals surface area contributed by atoms with E-state index in [1.165, 1.54) is 12.1 Å². The van der Waals surface area contributed by atoms with Crippen LogP contribution in [0.1, 0.15) is 39.7 Å². The normalized spacial score (nSPS) is 24.6. The van der Waals surface area contributed by atoms with Crippen molar-refractivity contribution < 1.29 is 9.13 Å². The zero-order valence-electron chi connectivity index (χ0n) is 12.3. The van der Waals surface area contributed by atoms with Crippen molar-refractivity contribution in [1.29, 1.82) is 0 Å². The van der Waals surface area contributed by atoms with Crippen molar-refractivity contribution in [3.8, 4) is 0 Å². The quantitative estimate of drug-likeness (QED) is 0.902. The van der Waals surface area contributed by atoms with E-state index in [-0.39, 0.29) is 17.0 Å². The van der Waals surface area contributed by atoms with Gasteiger partial charge < -0.3 is 10.1 Å². The minimum Gasteiger partial charge on any atom is -0.368 e. The third kappa shape index (κ3) is 3.77. The van der Waals surface area contributed by atoms with Crippen LogP contribution in [0.15, 0.2) is 24.3 Å². The first kappa shape index (κ1) is 14.5. The zero-order chi connectivity index (χ0) is 14.1. The average Bonchev–Trinajstić information content (AvgIpc) is 2.49. The summed E-state index contributed by atoms with van der Waals surface area (Å²) in [4.78, 5) is 0. The topological polar surface area (TPSA) is 21.3 Å². The van der Waals surface area contributed by atoms with Crippen molar-refractivity contribution in [2.45, 2.75) is 57.8 Å². The van der Waals surface area contributed by atoms with Crippen LogP contribution in [-0.2, 0) is 11.2 Å². The van der Waals surface area contributed by atoms with Gasteiger partial charge in [-0.25, -0.2) is 4.39 Å². The number of rotatable bonds is 4. The molecule has 19 heavy (non-hydrogen) atoms. The molecular weight excluding hydrogens is 241 g/mol. The fraction of sp³-hybridized carbons (Fsp3) is 0.625. The van der Waals surface area contributed by atoms with Gasteiger partial charge in [-0.3, -0.25) is 0 Å². The van der Waals surface area contributed by atoms with E-state index in [0.29, 0.717) is 6.04 Å². The van der Waals surface area contributed by atoms with Gasteiger partial charge in [-0.2, -0.15) is 0 Å². The van der Waals surface area contributed by atoms with Gasteiger partial charge in [-0.1, -0.05) is 12.1 Å². The molecule has 1 aliphatic rings. The highest BCUT2D eigenvalue weighted by Crippen LogP contribution is 2.37. The molecule has 1 aliphatic heterocycles. The fourth-order valence-electron chi connectivity index (χ4n) is 2.92. The average molecular weight is 265 g/mol. The Balaban J connectivity index is 1.84. The predicted molar refractivity (Wildman–Crippen MR) is 75.8 cm³/mol. The molecule has 0 spiro atoms. The van der Waals surface area contributed by atoms with Crippen LogP contribution in [0.4, 0.5) is 4.39 Å². The van der Waals surface area contributed by atoms with Gasteiger partial charge >= 0.3 is 0 Å². The molecule has 1 fully saturated rings. The molecule has 1 heterocycles. The van der Waals surface area contributed by atoms with Crippen LogP contribution >= 0.6 is 0 Å². The Morgan fingerprint density at radius 3 is 2.37 bits per heavy atom. The summed E-state index contributed by atoms with van der Waals surface area (Å²) in [5, 5.41) is 3.57. The number of halogens is 1. The second kappa shape index (κ2) is 5.22. The van der Waals surface area contributed by atoms with E-state index in [9.17, 15) is 4.39 Å². The molecule has 1 N–H and O–H groups in total. The predicted octanol–water partition coefficient (Wildman–Crippen LogP) is 3.30. The maximum Gasteiger partial charge on any atom is 0.123 e. The van der Waals surface area contributed by atoms with Crippen molar-refractivity contribution in [3.63, 3.8) is 0 Å². The van der Waals surface area contributed by atoms with Crippen molar-refractivity contribution in [2.75, 3.05) is 6.54 Å². The molecule has 1 aromatic carbocycles. The molecule has 2 nitrogen and oxygen atoms in total. The number of ether oxygens (including phenoxy) is 1. The summed E-state index contributed by atoms with van der Waals surface area (Å²) in [5.74, 6) is -0.177. The van der Waals surface area contributed by atoms with Gasteiger partial charge in [0.05, 0.1) is 11.2 Å². The number of hydrogen-bond donors (Lipinski definition) is 1. The second-order valence-corrected chi connectivity index (χ2v) is 6.55. The first-order valence-electron chi connectivity index (χ1n) is 6.96. The molecule has 1 aromatic rings. The van der Waals surface area contributed by atoms with Gasteiger partial charge in [0.25, 0.3) is 0 Å². The molecule has 1 atom stereocenters. The fourth-order valence-corrected chi connectivity index (χ4v) is 2.92. The molecule has 2 rings (SSSR count). The van der Waals surface area contributed by atoms with Gasteiger partial charge in [-0.15, -0.1) is 0 Å². The van der Waals surface area contributed by atoms with E-state index < -0.39 is 0 Å². The Labute approximate surface area is 115 Å². The zero-order valence-corrected chi connectivity index (χ0v) is 12.3. The number of nitrogens with one attached hydrogen (secondary N) is 1. The molecule has 0 saturated carbocycles. The summed E-state index contributed by atoms with van der Waals surface area (Å²) >= 11 is 0. The molecule has 1 unspecified atom stereocenters. The third-order valence-corrected chi connectivity index (χ3v) is 3.79. The lowest BCUT2D eigenvalue weighted by Crippen LogP contribution is -2.44. The maximum absolute atomic E-state index is 12.8. The van der Waals surface area contributed by atoms with Crippen LogP contribution in [0.5, 0.6) is 0 Å². The summed E-state index contributed by atoms with van der Waals surface area (Å²) in [7, 11) is 0. The second-order valence-electron chi connectivity index (χ2n) is 6.55. The third-order valence-electron chi connectivity index (χ3n) is 3.79. The molecule has 0 bridgehead atoms. The summed E-state index contributed by atoms with van der Waals surface area (Å²) in [6.07, 6.45) is 1.93. The van der Waals surface area contributed by atoms with Crippen LogP contribution in [-0.4, -0.2) is 23.8 Å². The Morgan fingerprint density at radius 2 is 1.84 bits per heavy atom. The number of benzene rings is 1. The van der Waals surface area contributed by atoms with Crippen LogP contribution < -0.4 is 5.32 Å². The highest BCUT2D eigenvalue weighted by Gasteiger charge is 2.45. The van der Waals surface area contributed by atoms with Crippen LogP contribution in [0.25, 0.3) is 0 Å². The summed E-state index contributed by atoms with van der Waals surface area (Å²) in [6, 6.07) is 7.08. The monoisotopic (exact) mass is 265 g/mol. The van der Waals surface area contributed by atoms with Crippen LogP contribution in [0, 0.1) is 5.82 Å². The molecule has 1 saturated heterocycles. The molecule has 0 amide bonds. The first-order valence-corrected chi connectivity index (χ1v) is 6.96. The molecular formula is C16H24FNO. The van der Waals surface area contributed by atoms with Crippen molar-refractivity contribution in [3.05, 3.63) is 35.6 Å². The summed E-state index contributed by atoms with van der Waals surface area (Å²) < 4.78 is 18.9. The Hall–Kier alpha value is -0.930. The summed E-state index contributed by atoms with van der Waals surface area (Å²) in [5.41, 5.74) is 0.966. The summed E-state index contributed by atoms with van der Waals surface area (Å²) in [6.45, 7) is 9.43. The highest BCUT2D eigenvalue weighted by atomic mass is 19.1. The van der Waals surface area contributed by atoms with E-state index in [1.807, 2.05) is 12.1 Å². The lowest BCUT2D eigenvalue weighted by Gasteiger charge is -2.27. The van der Waals surface area contributed by atoms with Crippen LogP contribution in [0.2, 0.25) is 0 Å². The molecule has 0 aromatic heterocycles. The van der Waals surface area contributed by atoms with E-state index in [0.717, 1.165) is 24.9 Å². The van der Waals surface area contributed by atoms with Gasteiger partial charge in [-0.05, 0) is 64.8 Å². The minimum absolute atomic E-state index is 0.0585. The van der Waals surface area contributed by atoms with E-state index in [4.69, 9.17) is 4.74 Å². The smallest absolute Gasteiger partial charge is 0.123 e. The van der Waals surface area contributed by atoms with Gasteiger partial charge in [0.2, 0.25) is 0 Å². The van der Waals surface area contributed by atoms with Crippen LogP contribution in [0.3, 0.4) is 0 Å². The van der Waals surface area contributed by atoms with Crippen molar-refractivity contribution in [2.24, 2.45) is 0 Å². The molecule has 3 heteroatoms. The molecule has 0 radical (unpaired) electrons. The van der Waals surface area contributed by atoms with Gasteiger partial charge in [0, 0.05) is 6.04 Å². The van der Waals surface area contributed by atoms with E-state index in [2.05, 4.69) is 33.0 Å². The lowest BCUT2D eigenvalue weighted by molar-refractivity contribution is -0.0697. The van der Waals surface area contributed by atoms with Crippen molar-refractivity contribution in [1.82, 2.24) is 5.32 Å². The Kier molecular flexibility index (Phi) is 3.98. The molecule has 106 valence electrons. The Bertz CT molecular complexity index is 425. The van der Waals surface area contributed by atoms with E-state index >= 15 is 0 Å². The largest absolute Gasteiger partial charge is 0.368 e. The highest BCUT2D eigenvalue weighted by molar-refractivity contribution is 5.16. The standard InChI is InChI=1S/C16H24FNO/c1-15(2)11-14(16(3,4)19-15)18-10-9-12-5-7-13(17)8-6-12/h5-8,14,18H,9-11H2,1-4H3. The van der Waals surface area contributed by atoms with Gasteiger partial charge in [0.15, 0.2) is 0 Å². The minimum atomic E-state index is -0.177. The molecule has 0 aliphatic carbocycles.